The lowest BCUT2D eigenvalue weighted by atomic mass is 10.0. The van der Waals surface area contributed by atoms with Crippen molar-refractivity contribution in [2.45, 2.75) is 154 Å². The van der Waals surface area contributed by atoms with E-state index in [-0.39, 0.29) is 0 Å². The Hall–Kier alpha value is -0.0800. The van der Waals surface area contributed by atoms with E-state index in [0.29, 0.717) is 0 Å². The largest absolute Gasteiger partial charge is 0.258 e. The molecule has 1 fully saturated rings. The molecule has 1 aliphatic rings. The first kappa shape index (κ1) is 26.0. The summed E-state index contributed by atoms with van der Waals surface area (Å²) >= 11 is 0. The van der Waals surface area contributed by atoms with Gasteiger partial charge < -0.3 is 0 Å². The summed E-state index contributed by atoms with van der Waals surface area (Å²) in [6, 6.07) is 0. The van der Waals surface area contributed by atoms with Crippen LogP contribution in [0.15, 0.2) is 0 Å². The third kappa shape index (κ3) is 20.6. The molecule has 0 unspecified atom stereocenters. The molecule has 1 rings (SSSR count). The van der Waals surface area contributed by atoms with Crippen molar-refractivity contribution in [1.82, 2.24) is 10.9 Å². The zero-order valence-corrected chi connectivity index (χ0v) is 19.4. The highest BCUT2D eigenvalue weighted by Gasteiger charge is 1.97. The van der Waals surface area contributed by atoms with Gasteiger partial charge in [-0.05, 0) is 12.8 Å². The summed E-state index contributed by atoms with van der Waals surface area (Å²) in [5.74, 6) is 0. The molecule has 0 saturated carbocycles. The van der Waals surface area contributed by atoms with Crippen LogP contribution in [-0.4, -0.2) is 13.1 Å². The second-order valence-corrected chi connectivity index (χ2v) is 9.34. The number of nitrogens with one attached hydrogen (secondary N) is 2. The van der Waals surface area contributed by atoms with Gasteiger partial charge in [0.15, 0.2) is 0 Å². The molecule has 2 heteroatoms. The number of hydrazine groups is 1. The summed E-state index contributed by atoms with van der Waals surface area (Å²) in [4.78, 5) is 0. The van der Waals surface area contributed by atoms with E-state index in [9.17, 15) is 0 Å². The van der Waals surface area contributed by atoms with Crippen LogP contribution in [0.5, 0.6) is 0 Å². The van der Waals surface area contributed by atoms with E-state index in [4.69, 9.17) is 0 Å². The molecule has 1 aliphatic heterocycles. The Kier molecular flexibility index (Phi) is 21.5. The van der Waals surface area contributed by atoms with Gasteiger partial charge in [-0.1, -0.05) is 141 Å². The molecule has 0 aromatic heterocycles. The van der Waals surface area contributed by atoms with Crippen LogP contribution in [-0.2, 0) is 0 Å². The first-order chi connectivity index (χ1) is 14.0. The molecule has 0 amide bonds. The second kappa shape index (κ2) is 23.2. The molecule has 0 aliphatic carbocycles. The molecule has 0 bridgehead atoms. The van der Waals surface area contributed by atoms with Gasteiger partial charge in [0, 0.05) is 13.1 Å². The molecular formula is C26H54N2. The molecule has 2 nitrogen and oxygen atoms in total. The highest BCUT2D eigenvalue weighted by atomic mass is 15.3. The van der Waals surface area contributed by atoms with Crippen LogP contribution in [0.25, 0.3) is 0 Å². The molecule has 28 heavy (non-hydrogen) atoms. The van der Waals surface area contributed by atoms with Gasteiger partial charge in [0.05, 0.1) is 0 Å². The van der Waals surface area contributed by atoms with Crippen molar-refractivity contribution in [3.8, 4) is 0 Å². The summed E-state index contributed by atoms with van der Waals surface area (Å²) in [7, 11) is 0. The van der Waals surface area contributed by atoms with E-state index in [1.54, 1.807) is 0 Å². The molecule has 0 spiro atoms. The zero-order valence-electron chi connectivity index (χ0n) is 19.4. The predicted octanol–water partition coefficient (Wildman–Crippen LogP) is 8.46. The van der Waals surface area contributed by atoms with Crippen LogP contribution in [0.3, 0.4) is 0 Å². The third-order valence-electron chi connectivity index (χ3n) is 6.48. The van der Waals surface area contributed by atoms with E-state index in [2.05, 4.69) is 10.9 Å². The summed E-state index contributed by atoms with van der Waals surface area (Å²) in [5, 5.41) is 0. The van der Waals surface area contributed by atoms with Crippen molar-refractivity contribution >= 4 is 0 Å². The number of hydrogen-bond donors (Lipinski definition) is 2. The maximum atomic E-state index is 3.41. The molecular weight excluding hydrogens is 340 g/mol. The fourth-order valence-corrected chi connectivity index (χ4v) is 4.49. The van der Waals surface area contributed by atoms with Gasteiger partial charge in [-0.3, -0.25) is 10.9 Å². The Balaban J connectivity index is 2.00. The van der Waals surface area contributed by atoms with Crippen molar-refractivity contribution in [2.75, 3.05) is 13.1 Å². The fourth-order valence-electron chi connectivity index (χ4n) is 4.49. The minimum absolute atomic E-state index is 1.14. The lowest BCUT2D eigenvalue weighted by Gasteiger charge is -2.07. The molecule has 1 saturated heterocycles. The molecule has 0 aromatic rings. The van der Waals surface area contributed by atoms with Gasteiger partial charge >= 0.3 is 0 Å². The first-order valence-corrected chi connectivity index (χ1v) is 13.5. The molecule has 0 atom stereocenters. The van der Waals surface area contributed by atoms with Gasteiger partial charge in [-0.2, -0.15) is 0 Å². The molecule has 168 valence electrons. The topological polar surface area (TPSA) is 24.1 Å². The van der Waals surface area contributed by atoms with Crippen LogP contribution in [0.1, 0.15) is 154 Å². The maximum Gasteiger partial charge on any atom is 0.00997 e. The van der Waals surface area contributed by atoms with Gasteiger partial charge in [0.25, 0.3) is 0 Å². The highest BCUT2D eigenvalue weighted by Crippen LogP contribution is 2.15. The van der Waals surface area contributed by atoms with Crippen LogP contribution in [0.2, 0.25) is 0 Å². The van der Waals surface area contributed by atoms with Gasteiger partial charge in [-0.15, -0.1) is 0 Å². The maximum absolute atomic E-state index is 3.41. The smallest absolute Gasteiger partial charge is 0.00997 e. The Labute approximate surface area is 178 Å². The first-order valence-electron chi connectivity index (χ1n) is 13.5. The van der Waals surface area contributed by atoms with E-state index < -0.39 is 0 Å². The molecule has 2 N–H and O–H groups in total. The Morgan fingerprint density at radius 3 is 0.500 bits per heavy atom. The van der Waals surface area contributed by atoms with Crippen molar-refractivity contribution in [1.29, 1.82) is 0 Å². The van der Waals surface area contributed by atoms with Gasteiger partial charge in [0.2, 0.25) is 0 Å². The Bertz CT molecular complexity index is 145. The van der Waals surface area contributed by atoms with Gasteiger partial charge in [-0.25, -0.2) is 0 Å². The van der Waals surface area contributed by atoms with Crippen molar-refractivity contribution in [3.63, 3.8) is 0 Å². The highest BCUT2D eigenvalue weighted by molar-refractivity contribution is 4.53. The summed E-state index contributed by atoms with van der Waals surface area (Å²) in [6.07, 6.45) is 34.9. The van der Waals surface area contributed by atoms with E-state index in [0.717, 1.165) is 13.1 Å². The van der Waals surface area contributed by atoms with Crippen LogP contribution in [0.4, 0.5) is 0 Å². The molecule has 0 aromatic carbocycles. The summed E-state index contributed by atoms with van der Waals surface area (Å²) in [6.45, 7) is 2.28. The monoisotopic (exact) mass is 394 g/mol. The standard InChI is InChI=1S/C26H54N2/c1-2-4-6-8-10-12-14-16-18-20-22-24-26-28-27-25-23-21-19-17-15-13-11-9-7-5-3-1/h27-28H,1-26H2. The Morgan fingerprint density at radius 1 is 0.179 bits per heavy atom. The number of hydrogen-bond acceptors (Lipinski definition) is 2. The average molecular weight is 395 g/mol. The van der Waals surface area contributed by atoms with E-state index in [1.165, 1.54) is 154 Å². The minimum Gasteiger partial charge on any atom is -0.258 e. The zero-order chi connectivity index (χ0) is 19.8. The summed E-state index contributed by atoms with van der Waals surface area (Å²) in [5.41, 5.74) is 6.81. The summed E-state index contributed by atoms with van der Waals surface area (Å²) < 4.78 is 0. The Morgan fingerprint density at radius 2 is 0.321 bits per heavy atom. The van der Waals surface area contributed by atoms with E-state index >= 15 is 0 Å². The van der Waals surface area contributed by atoms with Crippen molar-refractivity contribution < 1.29 is 0 Å². The normalized spacial score (nSPS) is 24.0. The minimum atomic E-state index is 1.14. The predicted molar refractivity (Wildman–Crippen MR) is 127 cm³/mol. The van der Waals surface area contributed by atoms with Crippen LogP contribution < -0.4 is 10.9 Å². The molecule has 0 radical (unpaired) electrons. The van der Waals surface area contributed by atoms with Crippen molar-refractivity contribution in [2.24, 2.45) is 0 Å². The van der Waals surface area contributed by atoms with Crippen LogP contribution in [0, 0.1) is 0 Å². The SMILES string of the molecule is C1CCCCCCCCCCCCCNNCCCCCCCCCCCC1. The average Bonchev–Trinajstić information content (AvgIpc) is 2.71. The lowest BCUT2D eigenvalue weighted by molar-refractivity contribution is 0.475. The number of rotatable bonds is 0. The third-order valence-corrected chi connectivity index (χ3v) is 6.48. The van der Waals surface area contributed by atoms with E-state index in [1.807, 2.05) is 0 Å². The quantitative estimate of drug-likeness (QED) is 0.430. The van der Waals surface area contributed by atoms with Crippen LogP contribution >= 0.6 is 0 Å². The van der Waals surface area contributed by atoms with Crippen molar-refractivity contribution in [3.05, 3.63) is 0 Å². The van der Waals surface area contributed by atoms with Gasteiger partial charge in [0.1, 0.15) is 0 Å². The lowest BCUT2D eigenvalue weighted by Crippen LogP contribution is -2.33. The second-order valence-electron chi connectivity index (χ2n) is 9.34. The molecule has 1 heterocycles. The fraction of sp³-hybridized carbons (Fsp3) is 1.00.